The molecule has 0 aliphatic carbocycles. The van der Waals surface area contributed by atoms with Crippen molar-refractivity contribution in [2.45, 2.75) is 0 Å². The Hall–Kier alpha value is -2.81. The zero-order valence-electron chi connectivity index (χ0n) is 10.5. The molecule has 0 spiro atoms. The summed E-state index contributed by atoms with van der Waals surface area (Å²) < 4.78 is 11.9. The van der Waals surface area contributed by atoms with E-state index in [-0.39, 0.29) is 0 Å². The SMILES string of the molecule is c1ccc2c(c1)oc1ccc3c4ncccc4oc3c12. The van der Waals surface area contributed by atoms with Crippen molar-refractivity contribution in [3.8, 4) is 0 Å². The second-order valence-corrected chi connectivity index (χ2v) is 4.87. The third kappa shape index (κ3) is 1.12. The average molecular weight is 259 g/mol. The third-order valence-corrected chi connectivity index (χ3v) is 3.73. The zero-order chi connectivity index (χ0) is 13.1. The Labute approximate surface area is 113 Å². The van der Waals surface area contributed by atoms with E-state index in [0.29, 0.717) is 0 Å². The van der Waals surface area contributed by atoms with E-state index in [2.05, 4.69) is 11.1 Å². The van der Waals surface area contributed by atoms with Gasteiger partial charge in [0.15, 0.2) is 5.58 Å². The highest BCUT2D eigenvalue weighted by molar-refractivity contribution is 6.21. The highest BCUT2D eigenvalue weighted by Crippen LogP contribution is 2.38. The molecular formula is C17H9NO2. The molecule has 0 atom stereocenters. The maximum absolute atomic E-state index is 6.01. The molecule has 0 saturated carbocycles. The number of hydrogen-bond donors (Lipinski definition) is 0. The van der Waals surface area contributed by atoms with Gasteiger partial charge in [0.1, 0.15) is 22.3 Å². The van der Waals surface area contributed by atoms with Crippen molar-refractivity contribution < 1.29 is 8.83 Å². The number of rotatable bonds is 0. The van der Waals surface area contributed by atoms with Crippen molar-refractivity contribution in [2.75, 3.05) is 0 Å². The van der Waals surface area contributed by atoms with Crippen LogP contribution in [0.1, 0.15) is 0 Å². The first kappa shape index (κ1) is 10.0. The molecule has 5 aromatic rings. The highest BCUT2D eigenvalue weighted by atomic mass is 16.3. The van der Waals surface area contributed by atoms with Crippen LogP contribution in [0.3, 0.4) is 0 Å². The van der Waals surface area contributed by atoms with Crippen LogP contribution < -0.4 is 0 Å². The topological polar surface area (TPSA) is 39.2 Å². The fraction of sp³-hybridized carbons (Fsp3) is 0. The lowest BCUT2D eigenvalue weighted by atomic mass is 10.1. The molecule has 0 aliphatic heterocycles. The first-order chi connectivity index (χ1) is 9.92. The molecular weight excluding hydrogens is 250 g/mol. The molecule has 5 rings (SSSR count). The highest BCUT2D eigenvalue weighted by Gasteiger charge is 2.15. The van der Waals surface area contributed by atoms with E-state index in [4.69, 9.17) is 8.83 Å². The number of benzene rings is 2. The van der Waals surface area contributed by atoms with Gasteiger partial charge in [-0.25, -0.2) is 0 Å². The minimum Gasteiger partial charge on any atom is -0.456 e. The summed E-state index contributed by atoms with van der Waals surface area (Å²) in [5.74, 6) is 0. The first-order valence-corrected chi connectivity index (χ1v) is 6.49. The van der Waals surface area contributed by atoms with Gasteiger partial charge < -0.3 is 8.83 Å². The van der Waals surface area contributed by atoms with Crippen molar-refractivity contribution in [3.05, 3.63) is 54.7 Å². The minimum atomic E-state index is 0.806. The van der Waals surface area contributed by atoms with E-state index in [1.165, 1.54) is 0 Å². The molecule has 94 valence electrons. The van der Waals surface area contributed by atoms with Gasteiger partial charge in [0, 0.05) is 17.0 Å². The molecule has 3 heteroatoms. The standard InChI is InChI=1S/C17H9NO2/c1-2-5-12-10(4-1)15-13(19-12)8-7-11-16-14(20-17(11)15)6-3-9-18-16/h1-9H. The van der Waals surface area contributed by atoms with Crippen molar-refractivity contribution in [3.63, 3.8) is 0 Å². The predicted molar refractivity (Wildman–Crippen MR) is 78.8 cm³/mol. The van der Waals surface area contributed by atoms with Crippen LogP contribution >= 0.6 is 0 Å². The summed E-state index contributed by atoms with van der Waals surface area (Å²) in [5.41, 5.74) is 4.28. The lowest BCUT2D eigenvalue weighted by Crippen LogP contribution is -1.71. The molecule has 0 N–H and O–H groups in total. The molecule has 0 fully saturated rings. The van der Waals surface area contributed by atoms with Gasteiger partial charge in [-0.05, 0) is 30.3 Å². The Morgan fingerprint density at radius 2 is 1.60 bits per heavy atom. The van der Waals surface area contributed by atoms with Crippen LogP contribution in [0.25, 0.3) is 44.0 Å². The summed E-state index contributed by atoms with van der Waals surface area (Å²) in [5, 5.41) is 3.13. The molecule has 3 aromatic heterocycles. The predicted octanol–water partition coefficient (Wildman–Crippen LogP) is 4.88. The molecule has 2 aromatic carbocycles. The lowest BCUT2D eigenvalue weighted by Gasteiger charge is -1.91. The second kappa shape index (κ2) is 3.39. The molecule has 0 aliphatic rings. The first-order valence-electron chi connectivity index (χ1n) is 6.49. The number of fused-ring (bicyclic) bond motifs is 7. The Morgan fingerprint density at radius 1 is 0.700 bits per heavy atom. The fourth-order valence-electron chi connectivity index (χ4n) is 2.86. The molecule has 3 nitrogen and oxygen atoms in total. The Kier molecular flexibility index (Phi) is 1.70. The monoisotopic (exact) mass is 259 g/mol. The van der Waals surface area contributed by atoms with E-state index in [0.717, 1.165) is 44.0 Å². The van der Waals surface area contributed by atoms with Crippen LogP contribution in [-0.2, 0) is 0 Å². The summed E-state index contributed by atoms with van der Waals surface area (Å²) >= 11 is 0. The Bertz CT molecular complexity index is 1100. The van der Waals surface area contributed by atoms with Gasteiger partial charge in [-0.3, -0.25) is 4.98 Å². The van der Waals surface area contributed by atoms with Gasteiger partial charge >= 0.3 is 0 Å². The number of hydrogen-bond acceptors (Lipinski definition) is 3. The average Bonchev–Trinajstić information content (AvgIpc) is 3.04. The van der Waals surface area contributed by atoms with Crippen molar-refractivity contribution in [2.24, 2.45) is 0 Å². The summed E-state index contributed by atoms with van der Waals surface area (Å²) in [4.78, 5) is 4.42. The van der Waals surface area contributed by atoms with Crippen LogP contribution in [0.5, 0.6) is 0 Å². The van der Waals surface area contributed by atoms with Crippen LogP contribution in [0.15, 0.2) is 63.6 Å². The third-order valence-electron chi connectivity index (χ3n) is 3.73. The maximum atomic E-state index is 6.01. The van der Waals surface area contributed by atoms with Crippen molar-refractivity contribution in [1.82, 2.24) is 4.98 Å². The second-order valence-electron chi connectivity index (χ2n) is 4.87. The summed E-state index contributed by atoms with van der Waals surface area (Å²) in [6.07, 6.45) is 1.79. The van der Waals surface area contributed by atoms with Crippen molar-refractivity contribution in [1.29, 1.82) is 0 Å². The van der Waals surface area contributed by atoms with Gasteiger partial charge in [-0.1, -0.05) is 18.2 Å². The van der Waals surface area contributed by atoms with E-state index in [9.17, 15) is 0 Å². The maximum Gasteiger partial charge on any atom is 0.153 e. The van der Waals surface area contributed by atoms with Crippen LogP contribution in [0.4, 0.5) is 0 Å². The molecule has 20 heavy (non-hydrogen) atoms. The van der Waals surface area contributed by atoms with Gasteiger partial charge in [0.2, 0.25) is 0 Å². The lowest BCUT2D eigenvalue weighted by molar-refractivity contribution is 0.662. The van der Waals surface area contributed by atoms with Gasteiger partial charge in [-0.15, -0.1) is 0 Å². The molecule has 0 amide bonds. The number of para-hydroxylation sites is 1. The van der Waals surface area contributed by atoms with E-state index in [1.807, 2.05) is 42.5 Å². The molecule has 0 bridgehead atoms. The summed E-state index contributed by atoms with van der Waals surface area (Å²) in [7, 11) is 0. The van der Waals surface area contributed by atoms with Crippen LogP contribution in [0.2, 0.25) is 0 Å². The van der Waals surface area contributed by atoms with E-state index >= 15 is 0 Å². The molecule has 3 heterocycles. The van der Waals surface area contributed by atoms with Gasteiger partial charge in [0.25, 0.3) is 0 Å². The number of aromatic nitrogens is 1. The molecule has 0 radical (unpaired) electrons. The van der Waals surface area contributed by atoms with E-state index < -0.39 is 0 Å². The number of furan rings is 2. The van der Waals surface area contributed by atoms with Crippen LogP contribution in [-0.4, -0.2) is 4.98 Å². The zero-order valence-corrected chi connectivity index (χ0v) is 10.5. The Morgan fingerprint density at radius 3 is 2.60 bits per heavy atom. The quantitative estimate of drug-likeness (QED) is 0.398. The summed E-state index contributed by atoms with van der Waals surface area (Å²) in [6.45, 7) is 0. The van der Waals surface area contributed by atoms with Gasteiger partial charge in [-0.2, -0.15) is 0 Å². The Balaban J connectivity index is 2.14. The molecule has 0 unspecified atom stereocenters. The normalized spacial score (nSPS) is 12.0. The fourth-order valence-corrected chi connectivity index (χ4v) is 2.86. The number of pyridine rings is 1. The molecule has 0 saturated heterocycles. The van der Waals surface area contributed by atoms with Crippen LogP contribution in [0, 0.1) is 0 Å². The van der Waals surface area contributed by atoms with E-state index in [1.54, 1.807) is 6.20 Å². The van der Waals surface area contributed by atoms with Crippen molar-refractivity contribution >= 4 is 44.0 Å². The minimum absolute atomic E-state index is 0.806. The van der Waals surface area contributed by atoms with Gasteiger partial charge in [0.05, 0.1) is 5.39 Å². The number of nitrogens with zero attached hydrogens (tertiary/aromatic N) is 1. The smallest absolute Gasteiger partial charge is 0.153 e. The summed E-state index contributed by atoms with van der Waals surface area (Å²) in [6, 6.07) is 15.8. The largest absolute Gasteiger partial charge is 0.456 e.